The maximum absolute atomic E-state index is 12.7. The molecule has 31 heavy (non-hydrogen) atoms. The van der Waals surface area contributed by atoms with Gasteiger partial charge >= 0.3 is 5.97 Å². The molecule has 0 aromatic heterocycles. The van der Waals surface area contributed by atoms with Crippen molar-refractivity contribution in [1.29, 1.82) is 0 Å². The van der Waals surface area contributed by atoms with Crippen molar-refractivity contribution in [2.75, 3.05) is 27.4 Å². The van der Waals surface area contributed by atoms with E-state index in [0.717, 1.165) is 17.5 Å². The second-order valence-corrected chi connectivity index (χ2v) is 7.97. The Hall–Kier alpha value is -3.02. The molecule has 0 radical (unpaired) electrons. The fourth-order valence-electron chi connectivity index (χ4n) is 4.41. The molecule has 2 aromatic carbocycles. The van der Waals surface area contributed by atoms with Gasteiger partial charge in [0.2, 0.25) is 5.75 Å². The Labute approximate surface area is 186 Å². The number of ether oxygens (including phenoxy) is 4. The van der Waals surface area contributed by atoms with Crippen molar-refractivity contribution in [1.82, 2.24) is 0 Å². The number of carbonyl (C=O) groups is 2. The van der Waals surface area contributed by atoms with Crippen molar-refractivity contribution in [2.45, 2.75) is 39.0 Å². The first kappa shape index (κ1) is 17.6. The van der Waals surface area contributed by atoms with E-state index in [2.05, 4.69) is 0 Å². The fraction of sp³-hybridized carbons (Fsp3) is 0.440. The number of esters is 1. The molecular formula is C25H28O6. The highest BCUT2D eigenvalue weighted by molar-refractivity contribution is 6.02. The van der Waals surface area contributed by atoms with Gasteiger partial charge in [-0.25, -0.2) is 0 Å². The molecule has 1 saturated carbocycles. The Kier molecular flexibility index (Phi) is 4.90. The van der Waals surface area contributed by atoms with Gasteiger partial charge in [-0.2, -0.15) is 0 Å². The number of benzene rings is 2. The number of fused-ring (bicyclic) bond motifs is 1. The summed E-state index contributed by atoms with van der Waals surface area (Å²) in [6.45, 7) is 2.03. The first-order chi connectivity index (χ1) is 16.2. The summed E-state index contributed by atoms with van der Waals surface area (Å²) in [6.07, 6.45) is 3.12. The number of hydrogen-bond acceptors (Lipinski definition) is 6. The van der Waals surface area contributed by atoms with Gasteiger partial charge in [-0.1, -0.05) is 24.6 Å². The lowest BCUT2D eigenvalue weighted by Crippen LogP contribution is -2.44. The maximum Gasteiger partial charge on any atom is 0.315 e. The second-order valence-electron chi connectivity index (χ2n) is 7.97. The van der Waals surface area contributed by atoms with Gasteiger partial charge in [0.25, 0.3) is 0 Å². The van der Waals surface area contributed by atoms with Crippen molar-refractivity contribution >= 4 is 11.8 Å². The number of hydrogen-bond donors (Lipinski definition) is 0. The van der Waals surface area contributed by atoms with E-state index >= 15 is 0 Å². The normalized spacial score (nSPS) is 18.1. The first-order valence-corrected chi connectivity index (χ1v) is 10.5. The van der Waals surface area contributed by atoms with E-state index in [9.17, 15) is 9.59 Å². The van der Waals surface area contributed by atoms with E-state index in [1.165, 1.54) is 7.11 Å². The zero-order valence-electron chi connectivity index (χ0n) is 20.8. The molecule has 0 unspecified atom stereocenters. The van der Waals surface area contributed by atoms with Crippen LogP contribution in [0.15, 0.2) is 30.3 Å². The van der Waals surface area contributed by atoms with Crippen LogP contribution in [-0.4, -0.2) is 39.1 Å². The van der Waals surface area contributed by atoms with Crippen LogP contribution in [0.1, 0.15) is 52.6 Å². The molecule has 0 spiro atoms. The Morgan fingerprint density at radius 2 is 1.87 bits per heavy atom. The lowest BCUT2D eigenvalue weighted by atomic mass is 9.69. The Morgan fingerprint density at radius 1 is 1.06 bits per heavy atom. The van der Waals surface area contributed by atoms with Gasteiger partial charge in [0.15, 0.2) is 17.3 Å². The highest BCUT2D eigenvalue weighted by Gasteiger charge is 2.47. The molecule has 0 amide bonds. The molecule has 0 heterocycles. The molecule has 0 aliphatic heterocycles. The van der Waals surface area contributed by atoms with Crippen LogP contribution in [0.3, 0.4) is 0 Å². The monoisotopic (exact) mass is 427 g/mol. The van der Waals surface area contributed by atoms with E-state index in [4.69, 9.17) is 23.1 Å². The summed E-state index contributed by atoms with van der Waals surface area (Å²) in [5.74, 6) is 0.0362. The minimum absolute atomic E-state index is 0.0112. The van der Waals surface area contributed by atoms with Gasteiger partial charge in [0.05, 0.1) is 24.9 Å². The van der Waals surface area contributed by atoms with Gasteiger partial charge in [0, 0.05) is 17.5 Å². The van der Waals surface area contributed by atoms with Crippen molar-refractivity contribution in [3.8, 4) is 28.4 Å². The summed E-state index contributed by atoms with van der Waals surface area (Å²) in [6, 6.07) is 8.83. The maximum atomic E-state index is 12.7. The Bertz CT molecular complexity index is 1100. The Morgan fingerprint density at radius 3 is 2.55 bits per heavy atom. The molecule has 0 saturated heterocycles. The largest absolute Gasteiger partial charge is 0.493 e. The average molecular weight is 428 g/mol. The summed E-state index contributed by atoms with van der Waals surface area (Å²) in [5.41, 5.74) is 2.08. The van der Waals surface area contributed by atoms with Crippen molar-refractivity contribution in [3.05, 3.63) is 41.5 Å². The lowest BCUT2D eigenvalue weighted by molar-refractivity contribution is -0.163. The quantitative estimate of drug-likeness (QED) is 0.573. The third kappa shape index (κ3) is 3.64. The molecule has 0 bridgehead atoms. The van der Waals surface area contributed by atoms with Crippen LogP contribution >= 0.6 is 0 Å². The molecule has 2 aromatic rings. The molecule has 2 aliphatic carbocycles. The van der Waals surface area contributed by atoms with Crippen LogP contribution in [-0.2, 0) is 16.0 Å². The summed E-state index contributed by atoms with van der Waals surface area (Å²) in [7, 11) is -1.34. The highest BCUT2D eigenvalue weighted by atomic mass is 16.5. The van der Waals surface area contributed by atoms with Crippen molar-refractivity contribution < 1.29 is 32.6 Å². The lowest BCUT2D eigenvalue weighted by Gasteiger charge is -2.38. The standard InChI is InChI=1S/C25H28O6/c1-4-30-24(27)25(13-6-14-25)15-31-22-19(10-12-21(28-2)23(22)29-3)16-7-5-8-18-17(16)9-11-20(18)26/h5,7-8,10,12H,4,6,9,11,13-15H2,1-3H3/i3D3. The van der Waals surface area contributed by atoms with Gasteiger partial charge in [-0.3, -0.25) is 9.59 Å². The van der Waals surface area contributed by atoms with E-state index < -0.39 is 12.5 Å². The van der Waals surface area contributed by atoms with Gasteiger partial charge in [0.1, 0.15) is 12.0 Å². The minimum atomic E-state index is -2.76. The third-order valence-electron chi connectivity index (χ3n) is 6.28. The van der Waals surface area contributed by atoms with Crippen LogP contribution < -0.4 is 14.2 Å². The highest BCUT2D eigenvalue weighted by Crippen LogP contribution is 2.49. The number of Topliss-reactive ketones (excluding diaryl/α,β-unsaturated/α-hetero) is 1. The topological polar surface area (TPSA) is 71.1 Å². The SMILES string of the molecule is [2H]C([2H])([2H])Oc1c(OC)ccc(-c2cccc3c2CCC3=O)c1OCC1(C(=O)OCC)CCC1. The zero-order chi connectivity index (χ0) is 24.5. The fourth-order valence-corrected chi connectivity index (χ4v) is 4.41. The van der Waals surface area contributed by atoms with Crippen LogP contribution in [0.25, 0.3) is 11.1 Å². The van der Waals surface area contributed by atoms with Gasteiger partial charge < -0.3 is 18.9 Å². The molecule has 6 heteroatoms. The molecule has 164 valence electrons. The van der Waals surface area contributed by atoms with Crippen LogP contribution in [0.4, 0.5) is 0 Å². The molecular weight excluding hydrogens is 396 g/mol. The predicted octanol–water partition coefficient (Wildman–Crippen LogP) is 4.61. The Balaban J connectivity index is 1.82. The third-order valence-corrected chi connectivity index (χ3v) is 6.28. The summed E-state index contributed by atoms with van der Waals surface area (Å²) < 4.78 is 45.3. The van der Waals surface area contributed by atoms with Crippen LogP contribution in [0.2, 0.25) is 0 Å². The van der Waals surface area contributed by atoms with E-state index in [0.29, 0.717) is 36.8 Å². The smallest absolute Gasteiger partial charge is 0.315 e. The number of carbonyl (C=O) groups excluding carboxylic acids is 2. The van der Waals surface area contributed by atoms with Crippen molar-refractivity contribution in [2.24, 2.45) is 5.41 Å². The molecule has 0 N–H and O–H groups in total. The van der Waals surface area contributed by atoms with Gasteiger partial charge in [-0.05, 0) is 49.4 Å². The summed E-state index contributed by atoms with van der Waals surface area (Å²) >= 11 is 0. The van der Waals surface area contributed by atoms with E-state index in [-0.39, 0.29) is 42.2 Å². The summed E-state index contributed by atoms with van der Waals surface area (Å²) in [5, 5.41) is 0. The van der Waals surface area contributed by atoms with Crippen LogP contribution in [0, 0.1) is 5.41 Å². The zero-order valence-corrected chi connectivity index (χ0v) is 17.8. The minimum Gasteiger partial charge on any atom is -0.493 e. The number of rotatable bonds is 8. The first-order valence-electron chi connectivity index (χ1n) is 12.0. The summed E-state index contributed by atoms with van der Waals surface area (Å²) in [4.78, 5) is 25.0. The van der Waals surface area contributed by atoms with Crippen molar-refractivity contribution in [3.63, 3.8) is 0 Å². The predicted molar refractivity (Wildman–Crippen MR) is 116 cm³/mol. The molecule has 2 aliphatic rings. The molecule has 1 fully saturated rings. The van der Waals surface area contributed by atoms with Gasteiger partial charge in [-0.15, -0.1) is 0 Å². The molecule has 0 atom stereocenters. The number of methoxy groups -OCH3 is 2. The number of ketones is 1. The molecule has 4 rings (SSSR count). The molecule has 6 nitrogen and oxygen atoms in total. The van der Waals surface area contributed by atoms with E-state index in [1.54, 1.807) is 31.2 Å². The van der Waals surface area contributed by atoms with E-state index in [1.807, 2.05) is 6.07 Å². The average Bonchev–Trinajstić information content (AvgIpc) is 3.14. The second kappa shape index (κ2) is 8.61. The van der Waals surface area contributed by atoms with Crippen LogP contribution in [0.5, 0.6) is 17.2 Å².